The second-order valence-electron chi connectivity index (χ2n) is 3.98. The van der Waals surface area contributed by atoms with Crippen LogP contribution >= 0.6 is 10.0 Å². The smallest absolute Gasteiger partial charge is 0.0282 e. The largest absolute Gasteiger partial charge is 0.237 e. The van der Waals surface area contributed by atoms with Gasteiger partial charge in [0.25, 0.3) is 0 Å². The molecule has 1 atom stereocenters. The van der Waals surface area contributed by atoms with Crippen molar-refractivity contribution in [3.63, 3.8) is 0 Å². The molecule has 0 bridgehead atoms. The van der Waals surface area contributed by atoms with Gasteiger partial charge in [-0.15, -0.1) is 0 Å². The number of allylic oxidation sites excluding steroid dienone is 2. The first kappa shape index (κ1) is 7.48. The molecule has 0 radical (unpaired) electrons. The van der Waals surface area contributed by atoms with E-state index in [4.69, 9.17) is 0 Å². The molecule has 0 spiro atoms. The lowest BCUT2D eigenvalue weighted by Gasteiger charge is -2.42. The molecule has 1 heteroatoms. The minimum atomic E-state index is -0.315. The molecule has 0 aromatic rings. The SMILES string of the molecule is CS1(C)CCCC2=CC=CC21. The summed E-state index contributed by atoms with van der Waals surface area (Å²) < 4.78 is 0. The Morgan fingerprint density at radius 2 is 2.27 bits per heavy atom. The summed E-state index contributed by atoms with van der Waals surface area (Å²) in [4.78, 5) is 0. The molecular formula is C10H16S. The average Bonchev–Trinajstić information content (AvgIpc) is 2.34. The highest BCUT2D eigenvalue weighted by Crippen LogP contribution is 2.55. The van der Waals surface area contributed by atoms with E-state index in [1.54, 1.807) is 5.57 Å². The molecule has 11 heavy (non-hydrogen) atoms. The third-order valence-corrected chi connectivity index (χ3v) is 5.96. The second kappa shape index (κ2) is 2.41. The monoisotopic (exact) mass is 168 g/mol. The first-order chi connectivity index (χ1) is 5.20. The van der Waals surface area contributed by atoms with Crippen molar-refractivity contribution in [2.24, 2.45) is 0 Å². The lowest BCUT2D eigenvalue weighted by molar-refractivity contribution is 0.864. The summed E-state index contributed by atoms with van der Waals surface area (Å²) in [5.74, 6) is 1.47. The number of hydrogen-bond acceptors (Lipinski definition) is 0. The van der Waals surface area contributed by atoms with Gasteiger partial charge in [0.2, 0.25) is 0 Å². The predicted octanol–water partition coefficient (Wildman–Crippen LogP) is 2.71. The minimum absolute atomic E-state index is 0.315. The van der Waals surface area contributed by atoms with Crippen molar-refractivity contribution in [1.82, 2.24) is 0 Å². The molecule has 0 N–H and O–H groups in total. The van der Waals surface area contributed by atoms with Crippen molar-refractivity contribution in [2.75, 3.05) is 18.3 Å². The summed E-state index contributed by atoms with van der Waals surface area (Å²) in [6, 6.07) is 0. The van der Waals surface area contributed by atoms with E-state index in [0.717, 1.165) is 5.25 Å². The number of hydrogen-bond donors (Lipinski definition) is 0. The molecule has 1 aliphatic carbocycles. The van der Waals surface area contributed by atoms with Crippen LogP contribution in [-0.2, 0) is 0 Å². The van der Waals surface area contributed by atoms with Gasteiger partial charge < -0.3 is 0 Å². The van der Waals surface area contributed by atoms with Crippen LogP contribution in [0, 0.1) is 0 Å². The van der Waals surface area contributed by atoms with Gasteiger partial charge >= 0.3 is 0 Å². The van der Waals surface area contributed by atoms with Crippen LogP contribution in [0.4, 0.5) is 0 Å². The Labute approximate surface area is 70.7 Å². The second-order valence-corrected chi connectivity index (χ2v) is 8.14. The van der Waals surface area contributed by atoms with Gasteiger partial charge in [0.15, 0.2) is 0 Å². The maximum absolute atomic E-state index is 2.47. The van der Waals surface area contributed by atoms with Crippen LogP contribution in [0.25, 0.3) is 0 Å². The fourth-order valence-corrected chi connectivity index (χ4v) is 4.80. The van der Waals surface area contributed by atoms with Crippen molar-refractivity contribution >= 4 is 10.0 Å². The van der Waals surface area contributed by atoms with E-state index in [9.17, 15) is 0 Å². The van der Waals surface area contributed by atoms with Gasteiger partial charge in [0.1, 0.15) is 0 Å². The van der Waals surface area contributed by atoms with E-state index in [-0.39, 0.29) is 10.0 Å². The molecule has 2 rings (SSSR count). The van der Waals surface area contributed by atoms with Gasteiger partial charge in [0, 0.05) is 5.25 Å². The van der Waals surface area contributed by atoms with E-state index >= 15 is 0 Å². The van der Waals surface area contributed by atoms with Crippen LogP contribution in [0.2, 0.25) is 0 Å². The molecule has 0 amide bonds. The zero-order chi connectivity index (χ0) is 7.90. The van der Waals surface area contributed by atoms with Crippen LogP contribution in [0.15, 0.2) is 23.8 Å². The normalized spacial score (nSPS) is 36.2. The van der Waals surface area contributed by atoms with Crippen LogP contribution < -0.4 is 0 Å². The van der Waals surface area contributed by atoms with Gasteiger partial charge in [-0.05, 0) is 31.1 Å². The Bertz CT molecular complexity index is 223. The Hall–Kier alpha value is -0.170. The van der Waals surface area contributed by atoms with Gasteiger partial charge in [-0.2, -0.15) is 0 Å². The van der Waals surface area contributed by atoms with E-state index in [2.05, 4.69) is 30.7 Å². The maximum atomic E-state index is 2.47. The molecule has 0 saturated carbocycles. The van der Waals surface area contributed by atoms with E-state index < -0.39 is 0 Å². The fraction of sp³-hybridized carbons (Fsp3) is 0.600. The summed E-state index contributed by atoms with van der Waals surface area (Å²) in [6.07, 6.45) is 14.7. The molecule has 1 aliphatic heterocycles. The lowest BCUT2D eigenvalue weighted by Crippen LogP contribution is -2.22. The van der Waals surface area contributed by atoms with Crippen molar-refractivity contribution in [2.45, 2.75) is 18.1 Å². The first-order valence-corrected chi connectivity index (χ1v) is 6.95. The third kappa shape index (κ3) is 1.16. The third-order valence-electron chi connectivity index (χ3n) is 2.78. The Balaban J connectivity index is 2.28. The summed E-state index contributed by atoms with van der Waals surface area (Å²) in [5.41, 5.74) is 1.70. The molecule has 1 saturated heterocycles. The quantitative estimate of drug-likeness (QED) is 0.522. The molecule has 1 fully saturated rings. The van der Waals surface area contributed by atoms with Crippen LogP contribution in [-0.4, -0.2) is 23.5 Å². The highest BCUT2D eigenvalue weighted by atomic mass is 32.3. The molecule has 62 valence electrons. The first-order valence-electron chi connectivity index (χ1n) is 4.27. The van der Waals surface area contributed by atoms with Crippen LogP contribution in [0.3, 0.4) is 0 Å². The van der Waals surface area contributed by atoms with E-state index in [0.29, 0.717) is 0 Å². The molecule has 0 aromatic heterocycles. The van der Waals surface area contributed by atoms with Crippen molar-refractivity contribution in [3.05, 3.63) is 23.8 Å². The van der Waals surface area contributed by atoms with Crippen LogP contribution in [0.1, 0.15) is 12.8 Å². The van der Waals surface area contributed by atoms with E-state index in [1.165, 1.54) is 18.6 Å². The van der Waals surface area contributed by atoms with Crippen LogP contribution in [0.5, 0.6) is 0 Å². The van der Waals surface area contributed by atoms with Gasteiger partial charge in [-0.3, -0.25) is 0 Å². The van der Waals surface area contributed by atoms with Crippen molar-refractivity contribution < 1.29 is 0 Å². The molecule has 1 unspecified atom stereocenters. The molecule has 1 heterocycles. The summed E-state index contributed by atoms with van der Waals surface area (Å²) >= 11 is 0. The number of fused-ring (bicyclic) bond motifs is 1. The summed E-state index contributed by atoms with van der Waals surface area (Å²) in [5, 5.41) is 0.844. The highest BCUT2D eigenvalue weighted by molar-refractivity contribution is 8.33. The lowest BCUT2D eigenvalue weighted by atomic mass is 10.1. The van der Waals surface area contributed by atoms with Gasteiger partial charge in [0.05, 0.1) is 0 Å². The molecular weight excluding hydrogens is 152 g/mol. The summed E-state index contributed by atoms with van der Waals surface area (Å²) in [6.45, 7) is 0. The zero-order valence-electron chi connectivity index (χ0n) is 7.34. The maximum Gasteiger partial charge on any atom is 0.0282 e. The average molecular weight is 168 g/mol. The topological polar surface area (TPSA) is 0 Å². The van der Waals surface area contributed by atoms with Gasteiger partial charge in [-0.25, -0.2) is 10.0 Å². The molecule has 0 aromatic carbocycles. The van der Waals surface area contributed by atoms with Gasteiger partial charge in [-0.1, -0.05) is 23.8 Å². The standard InChI is InChI=1S/C10H16S/c1-11(2)8-4-6-9-5-3-7-10(9)11/h3,5,7,10H,4,6,8H2,1-2H3. The Morgan fingerprint density at radius 1 is 1.45 bits per heavy atom. The molecule has 0 nitrogen and oxygen atoms in total. The number of rotatable bonds is 0. The molecule has 2 aliphatic rings. The minimum Gasteiger partial charge on any atom is -0.237 e. The highest BCUT2D eigenvalue weighted by Gasteiger charge is 2.30. The summed E-state index contributed by atoms with van der Waals surface area (Å²) in [7, 11) is -0.315. The fourth-order valence-electron chi connectivity index (χ4n) is 2.12. The Kier molecular flexibility index (Phi) is 1.64. The predicted molar refractivity (Wildman–Crippen MR) is 54.6 cm³/mol. The Morgan fingerprint density at radius 3 is 3.00 bits per heavy atom. The van der Waals surface area contributed by atoms with E-state index in [1.807, 2.05) is 0 Å². The van der Waals surface area contributed by atoms with Crippen molar-refractivity contribution in [3.8, 4) is 0 Å². The van der Waals surface area contributed by atoms with Crippen molar-refractivity contribution in [1.29, 1.82) is 0 Å². The zero-order valence-corrected chi connectivity index (χ0v) is 8.16.